The summed E-state index contributed by atoms with van der Waals surface area (Å²) in [5.41, 5.74) is 8.34. The lowest BCUT2D eigenvalue weighted by Crippen LogP contribution is -2.34. The number of amides is 1. The zero-order chi connectivity index (χ0) is 12.7. The molecular weight excluding hydrogens is 226 g/mol. The molecule has 2 bridgehead atoms. The Bertz CT molecular complexity index is 486. The number of carbonyl (C=O) groups is 1. The number of carbonyl (C=O) groups excluding carboxylic acids is 1. The minimum Gasteiger partial charge on any atom is -0.399 e. The number of benzene rings is 1. The van der Waals surface area contributed by atoms with Gasteiger partial charge in [-0.25, -0.2) is 0 Å². The number of nitrogens with zero attached hydrogens (tertiary/aromatic N) is 1. The topological polar surface area (TPSA) is 58.4 Å². The molecule has 2 unspecified atom stereocenters. The second kappa shape index (κ2) is 4.19. The van der Waals surface area contributed by atoms with E-state index in [4.69, 9.17) is 5.73 Å². The highest BCUT2D eigenvalue weighted by Gasteiger charge is 2.38. The van der Waals surface area contributed by atoms with Gasteiger partial charge < -0.3 is 16.0 Å². The fraction of sp³-hybridized carbons (Fsp3) is 0.500. The Morgan fingerprint density at radius 1 is 1.44 bits per heavy atom. The van der Waals surface area contributed by atoms with Crippen LogP contribution in [0.4, 0.5) is 11.4 Å². The molecule has 4 nitrogen and oxygen atoms in total. The van der Waals surface area contributed by atoms with E-state index in [0.29, 0.717) is 6.04 Å². The van der Waals surface area contributed by atoms with Gasteiger partial charge in [-0.1, -0.05) is 0 Å². The maximum atomic E-state index is 11.9. The second-order valence-corrected chi connectivity index (χ2v) is 5.34. The van der Waals surface area contributed by atoms with E-state index in [-0.39, 0.29) is 5.91 Å². The molecule has 1 saturated heterocycles. The van der Waals surface area contributed by atoms with Crippen LogP contribution in [0.5, 0.6) is 0 Å². The van der Waals surface area contributed by atoms with E-state index in [1.807, 2.05) is 12.1 Å². The van der Waals surface area contributed by atoms with Gasteiger partial charge in [0.15, 0.2) is 0 Å². The van der Waals surface area contributed by atoms with Crippen LogP contribution >= 0.6 is 0 Å². The first-order chi connectivity index (χ1) is 8.69. The normalized spacial score (nSPS) is 25.5. The zero-order valence-corrected chi connectivity index (χ0v) is 10.6. The number of rotatable bonds is 2. The molecule has 3 N–H and O–H groups in total. The zero-order valence-electron chi connectivity index (χ0n) is 10.6. The van der Waals surface area contributed by atoms with Crippen LogP contribution in [-0.4, -0.2) is 25.5 Å². The number of anilines is 2. The Kier molecular flexibility index (Phi) is 2.65. The molecule has 0 spiro atoms. The van der Waals surface area contributed by atoms with E-state index in [0.717, 1.165) is 29.4 Å². The lowest BCUT2D eigenvalue weighted by molar-refractivity contribution is 0.0963. The van der Waals surface area contributed by atoms with Crippen LogP contribution in [0.2, 0.25) is 0 Å². The van der Waals surface area contributed by atoms with E-state index >= 15 is 0 Å². The van der Waals surface area contributed by atoms with Crippen LogP contribution in [0.25, 0.3) is 0 Å². The van der Waals surface area contributed by atoms with Gasteiger partial charge >= 0.3 is 0 Å². The molecule has 3 rings (SSSR count). The van der Waals surface area contributed by atoms with Gasteiger partial charge in [-0.2, -0.15) is 0 Å². The predicted molar refractivity (Wildman–Crippen MR) is 72.7 cm³/mol. The van der Waals surface area contributed by atoms with Crippen molar-refractivity contribution < 1.29 is 4.79 Å². The Labute approximate surface area is 107 Å². The number of nitrogens with one attached hydrogen (secondary N) is 1. The monoisotopic (exact) mass is 245 g/mol. The van der Waals surface area contributed by atoms with Crippen LogP contribution in [0.1, 0.15) is 29.6 Å². The fourth-order valence-electron chi connectivity index (χ4n) is 3.33. The predicted octanol–water partition coefficient (Wildman–Crippen LogP) is 1.62. The van der Waals surface area contributed by atoms with Gasteiger partial charge in [-0.3, -0.25) is 4.79 Å². The van der Waals surface area contributed by atoms with Crippen molar-refractivity contribution in [1.29, 1.82) is 0 Å². The van der Waals surface area contributed by atoms with Gasteiger partial charge in [0.25, 0.3) is 5.91 Å². The maximum Gasteiger partial charge on any atom is 0.253 e. The highest BCUT2D eigenvalue weighted by atomic mass is 16.1. The van der Waals surface area contributed by atoms with Crippen LogP contribution in [-0.2, 0) is 0 Å². The van der Waals surface area contributed by atoms with Gasteiger partial charge in [-0.15, -0.1) is 0 Å². The third-order valence-corrected chi connectivity index (χ3v) is 4.21. The summed E-state index contributed by atoms with van der Waals surface area (Å²) in [4.78, 5) is 14.3. The highest BCUT2D eigenvalue weighted by molar-refractivity contribution is 6.00. The number of nitrogen functional groups attached to an aromatic ring is 1. The molecule has 1 heterocycles. The summed E-state index contributed by atoms with van der Waals surface area (Å²) in [5, 5.41) is 2.70. The van der Waals surface area contributed by atoms with Crippen LogP contribution in [0.3, 0.4) is 0 Å². The standard InChI is InChI=1S/C14H19N3O/c1-16-14(18)12-5-3-10(15)7-13(12)17-8-9-2-4-11(17)6-9/h3,5,7,9,11H,2,4,6,8,15H2,1H3,(H,16,18). The maximum absolute atomic E-state index is 11.9. The number of nitrogens with two attached hydrogens (primary N) is 1. The van der Waals surface area contributed by atoms with Crippen molar-refractivity contribution in [3.05, 3.63) is 23.8 Å². The van der Waals surface area contributed by atoms with E-state index < -0.39 is 0 Å². The van der Waals surface area contributed by atoms with Gasteiger partial charge in [0, 0.05) is 25.3 Å². The molecule has 1 amide bonds. The first-order valence-corrected chi connectivity index (χ1v) is 6.57. The molecule has 1 aromatic rings. The van der Waals surface area contributed by atoms with Crippen LogP contribution in [0.15, 0.2) is 18.2 Å². The molecule has 96 valence electrons. The number of fused-ring (bicyclic) bond motifs is 2. The summed E-state index contributed by atoms with van der Waals surface area (Å²) in [5.74, 6) is 0.766. The molecule has 0 radical (unpaired) electrons. The number of hydrogen-bond acceptors (Lipinski definition) is 3. The Morgan fingerprint density at radius 2 is 2.28 bits per heavy atom. The average molecular weight is 245 g/mol. The van der Waals surface area contributed by atoms with Crippen molar-refractivity contribution in [1.82, 2.24) is 5.32 Å². The van der Waals surface area contributed by atoms with Crippen molar-refractivity contribution in [2.45, 2.75) is 25.3 Å². The highest BCUT2D eigenvalue weighted by Crippen LogP contribution is 2.41. The van der Waals surface area contributed by atoms with E-state index in [2.05, 4.69) is 10.2 Å². The van der Waals surface area contributed by atoms with Gasteiger partial charge in [0.2, 0.25) is 0 Å². The van der Waals surface area contributed by atoms with Crippen LogP contribution in [0, 0.1) is 5.92 Å². The number of piperidine rings is 1. The molecule has 1 aromatic carbocycles. The van der Waals surface area contributed by atoms with Crippen LogP contribution < -0.4 is 16.0 Å². The molecule has 18 heavy (non-hydrogen) atoms. The smallest absolute Gasteiger partial charge is 0.253 e. The largest absolute Gasteiger partial charge is 0.399 e. The summed E-state index contributed by atoms with van der Waals surface area (Å²) in [6.45, 7) is 1.07. The lowest BCUT2D eigenvalue weighted by atomic mass is 10.1. The summed E-state index contributed by atoms with van der Waals surface area (Å²) >= 11 is 0. The molecule has 4 heteroatoms. The van der Waals surface area contributed by atoms with Gasteiger partial charge in [-0.05, 0) is 43.4 Å². The van der Waals surface area contributed by atoms with Gasteiger partial charge in [0.05, 0.1) is 11.3 Å². The van der Waals surface area contributed by atoms with Crippen molar-refractivity contribution in [2.75, 3.05) is 24.2 Å². The molecule has 2 aliphatic rings. The number of hydrogen-bond donors (Lipinski definition) is 2. The molecule has 2 fully saturated rings. The third kappa shape index (κ3) is 1.72. The molecule has 1 saturated carbocycles. The minimum atomic E-state index is -0.0345. The lowest BCUT2D eigenvalue weighted by Gasteiger charge is -2.30. The van der Waals surface area contributed by atoms with E-state index in [1.54, 1.807) is 13.1 Å². The van der Waals surface area contributed by atoms with Crippen molar-refractivity contribution in [2.24, 2.45) is 5.92 Å². The summed E-state index contributed by atoms with van der Waals surface area (Å²) in [6.07, 6.45) is 3.84. The molecule has 1 aliphatic heterocycles. The average Bonchev–Trinajstić information content (AvgIpc) is 3.00. The SMILES string of the molecule is CNC(=O)c1ccc(N)cc1N1CC2CCC1C2. The molecule has 0 aromatic heterocycles. The van der Waals surface area contributed by atoms with E-state index in [9.17, 15) is 4.79 Å². The van der Waals surface area contributed by atoms with E-state index in [1.165, 1.54) is 19.3 Å². The first kappa shape index (κ1) is 11.4. The summed E-state index contributed by atoms with van der Waals surface area (Å²) in [6, 6.07) is 6.16. The third-order valence-electron chi connectivity index (χ3n) is 4.21. The first-order valence-electron chi connectivity index (χ1n) is 6.57. The summed E-state index contributed by atoms with van der Waals surface area (Å²) < 4.78 is 0. The van der Waals surface area contributed by atoms with Crippen molar-refractivity contribution >= 4 is 17.3 Å². The fourth-order valence-corrected chi connectivity index (χ4v) is 3.33. The Balaban J connectivity index is 1.99. The van der Waals surface area contributed by atoms with Crippen molar-refractivity contribution in [3.63, 3.8) is 0 Å². The molecule has 2 atom stereocenters. The quantitative estimate of drug-likeness (QED) is 0.778. The van der Waals surface area contributed by atoms with Crippen molar-refractivity contribution in [3.8, 4) is 0 Å². The summed E-state index contributed by atoms with van der Waals surface area (Å²) in [7, 11) is 1.67. The molecular formula is C14H19N3O. The Hall–Kier alpha value is -1.71. The Morgan fingerprint density at radius 3 is 2.89 bits per heavy atom. The van der Waals surface area contributed by atoms with Gasteiger partial charge in [0.1, 0.15) is 0 Å². The molecule has 1 aliphatic carbocycles. The minimum absolute atomic E-state index is 0.0345. The second-order valence-electron chi connectivity index (χ2n) is 5.34.